The zero-order chi connectivity index (χ0) is 21.2. The Morgan fingerprint density at radius 1 is 1.00 bits per heavy atom. The first-order valence-corrected chi connectivity index (χ1v) is 9.78. The van der Waals surface area contributed by atoms with E-state index in [0.717, 1.165) is 29.0 Å². The highest BCUT2D eigenvalue weighted by Gasteiger charge is 2.02. The normalized spacial score (nSPS) is 10.7. The SMILES string of the molecule is Cc1ccc(C)c(OCCCOc2ccc(/C=N\NC(=O)c3ccncc3)cc2)c1. The molecule has 0 spiro atoms. The summed E-state index contributed by atoms with van der Waals surface area (Å²) < 4.78 is 11.6. The average molecular weight is 403 g/mol. The summed E-state index contributed by atoms with van der Waals surface area (Å²) in [6, 6.07) is 17.0. The van der Waals surface area contributed by atoms with Crippen molar-refractivity contribution in [1.82, 2.24) is 10.4 Å². The molecule has 3 aromatic rings. The summed E-state index contributed by atoms with van der Waals surface area (Å²) in [6.45, 7) is 5.27. The molecule has 2 aromatic carbocycles. The van der Waals surface area contributed by atoms with Gasteiger partial charge in [0.1, 0.15) is 11.5 Å². The zero-order valence-corrected chi connectivity index (χ0v) is 17.2. The van der Waals surface area contributed by atoms with Crippen molar-refractivity contribution in [3.05, 3.63) is 89.2 Å². The lowest BCUT2D eigenvalue weighted by atomic mass is 10.1. The fraction of sp³-hybridized carbons (Fsp3) is 0.208. The number of hydrogen-bond donors (Lipinski definition) is 1. The summed E-state index contributed by atoms with van der Waals surface area (Å²) in [5.74, 6) is 1.42. The maximum absolute atomic E-state index is 11.9. The van der Waals surface area contributed by atoms with Crippen molar-refractivity contribution in [3.8, 4) is 11.5 Å². The topological polar surface area (TPSA) is 72.8 Å². The standard InChI is InChI=1S/C24H25N3O3/c1-18-4-5-19(2)23(16-18)30-15-3-14-29-22-8-6-20(7-9-22)17-26-27-24(28)21-10-12-25-13-11-21/h4-13,16-17H,3,14-15H2,1-2H3,(H,27,28)/b26-17-. The number of rotatable bonds is 9. The van der Waals surface area contributed by atoms with Gasteiger partial charge in [-0.15, -0.1) is 0 Å². The minimum absolute atomic E-state index is 0.281. The highest BCUT2D eigenvalue weighted by molar-refractivity contribution is 5.94. The molecule has 0 bridgehead atoms. The third-order valence-corrected chi connectivity index (χ3v) is 4.36. The number of aryl methyl sites for hydroxylation is 2. The molecule has 1 aromatic heterocycles. The first-order valence-electron chi connectivity index (χ1n) is 9.78. The molecule has 1 amide bonds. The van der Waals surface area contributed by atoms with Crippen LogP contribution < -0.4 is 14.9 Å². The van der Waals surface area contributed by atoms with Crippen LogP contribution in [0.5, 0.6) is 11.5 Å². The largest absolute Gasteiger partial charge is 0.493 e. The average Bonchev–Trinajstić information content (AvgIpc) is 2.77. The predicted molar refractivity (Wildman–Crippen MR) is 117 cm³/mol. The lowest BCUT2D eigenvalue weighted by molar-refractivity contribution is 0.0955. The summed E-state index contributed by atoms with van der Waals surface area (Å²) in [5, 5.41) is 3.97. The van der Waals surface area contributed by atoms with Gasteiger partial charge in [0.2, 0.25) is 0 Å². The summed E-state index contributed by atoms with van der Waals surface area (Å²) in [5.41, 5.74) is 6.18. The van der Waals surface area contributed by atoms with Crippen molar-refractivity contribution >= 4 is 12.1 Å². The Balaban J connectivity index is 1.38. The second-order valence-corrected chi connectivity index (χ2v) is 6.82. The van der Waals surface area contributed by atoms with Crippen molar-refractivity contribution in [2.75, 3.05) is 13.2 Å². The molecule has 0 atom stereocenters. The van der Waals surface area contributed by atoms with Gasteiger partial charge in [-0.3, -0.25) is 9.78 Å². The van der Waals surface area contributed by atoms with Crippen molar-refractivity contribution in [2.45, 2.75) is 20.3 Å². The van der Waals surface area contributed by atoms with Crippen LogP contribution in [-0.2, 0) is 0 Å². The van der Waals surface area contributed by atoms with E-state index in [9.17, 15) is 4.79 Å². The molecular weight excluding hydrogens is 378 g/mol. The molecule has 0 radical (unpaired) electrons. The van der Waals surface area contributed by atoms with Crippen LogP contribution in [0.15, 0.2) is 72.1 Å². The second kappa shape index (κ2) is 10.8. The fourth-order valence-electron chi connectivity index (χ4n) is 2.68. The van der Waals surface area contributed by atoms with Gasteiger partial charge in [-0.2, -0.15) is 5.10 Å². The van der Waals surface area contributed by atoms with Crippen molar-refractivity contribution in [2.24, 2.45) is 5.10 Å². The van der Waals surface area contributed by atoms with Crippen molar-refractivity contribution < 1.29 is 14.3 Å². The van der Waals surface area contributed by atoms with Crippen molar-refractivity contribution in [3.63, 3.8) is 0 Å². The smallest absolute Gasteiger partial charge is 0.271 e. The molecule has 1 N–H and O–H groups in total. The minimum atomic E-state index is -0.281. The molecule has 0 aliphatic carbocycles. The number of amides is 1. The predicted octanol–water partition coefficient (Wildman–Crippen LogP) is 4.31. The molecule has 0 aliphatic rings. The number of benzene rings is 2. The number of nitrogens with zero attached hydrogens (tertiary/aromatic N) is 2. The van der Waals surface area contributed by atoms with E-state index in [4.69, 9.17) is 9.47 Å². The molecule has 6 nitrogen and oxygen atoms in total. The molecule has 154 valence electrons. The van der Waals surface area contributed by atoms with Crippen LogP contribution in [0.25, 0.3) is 0 Å². The number of hydrogen-bond acceptors (Lipinski definition) is 5. The molecule has 0 aliphatic heterocycles. The van der Waals surface area contributed by atoms with Gasteiger partial charge >= 0.3 is 0 Å². The number of pyridine rings is 1. The van der Waals surface area contributed by atoms with E-state index in [2.05, 4.69) is 40.6 Å². The Morgan fingerprint density at radius 2 is 1.73 bits per heavy atom. The quantitative estimate of drug-likeness (QED) is 0.328. The Bertz CT molecular complexity index is 986. The van der Waals surface area contributed by atoms with E-state index in [-0.39, 0.29) is 5.91 Å². The fourth-order valence-corrected chi connectivity index (χ4v) is 2.68. The lowest BCUT2D eigenvalue weighted by Crippen LogP contribution is -2.17. The van der Waals surface area contributed by atoms with Crippen LogP contribution >= 0.6 is 0 Å². The summed E-state index contributed by atoms with van der Waals surface area (Å²) >= 11 is 0. The van der Waals surface area contributed by atoms with Gasteiger partial charge in [0.25, 0.3) is 5.91 Å². The highest BCUT2D eigenvalue weighted by Crippen LogP contribution is 2.19. The third-order valence-electron chi connectivity index (χ3n) is 4.36. The Kier molecular flexibility index (Phi) is 7.55. The van der Waals surface area contributed by atoms with Crippen LogP contribution in [-0.4, -0.2) is 30.3 Å². The number of carbonyl (C=O) groups is 1. The van der Waals surface area contributed by atoms with Crippen molar-refractivity contribution in [1.29, 1.82) is 0 Å². The number of nitrogens with one attached hydrogen (secondary N) is 1. The number of ether oxygens (including phenoxy) is 2. The second-order valence-electron chi connectivity index (χ2n) is 6.82. The van der Waals surface area contributed by atoms with Crippen LogP contribution in [0.2, 0.25) is 0 Å². The molecule has 6 heteroatoms. The monoisotopic (exact) mass is 403 g/mol. The van der Waals surface area contributed by atoms with Gasteiger partial charge < -0.3 is 9.47 Å². The molecule has 3 rings (SSSR count). The van der Waals surface area contributed by atoms with E-state index in [1.165, 1.54) is 5.56 Å². The Hall–Kier alpha value is -3.67. The van der Waals surface area contributed by atoms with Crippen LogP contribution in [0.4, 0.5) is 0 Å². The number of hydrazone groups is 1. The summed E-state index contributed by atoms with van der Waals surface area (Å²) in [6.07, 6.45) is 5.50. The van der Waals surface area contributed by atoms with Gasteiger partial charge in [0.05, 0.1) is 19.4 Å². The van der Waals surface area contributed by atoms with Gasteiger partial charge in [-0.05, 0) is 73.0 Å². The Labute approximate surface area is 176 Å². The lowest BCUT2D eigenvalue weighted by Gasteiger charge is -2.10. The minimum Gasteiger partial charge on any atom is -0.493 e. The van der Waals surface area contributed by atoms with E-state index in [1.54, 1.807) is 30.7 Å². The number of carbonyl (C=O) groups excluding carboxylic acids is 1. The van der Waals surface area contributed by atoms with E-state index >= 15 is 0 Å². The maximum Gasteiger partial charge on any atom is 0.271 e. The maximum atomic E-state index is 11.9. The van der Waals surface area contributed by atoms with Crippen LogP contribution in [0.3, 0.4) is 0 Å². The van der Waals surface area contributed by atoms with Gasteiger partial charge in [0, 0.05) is 24.4 Å². The molecule has 0 unspecified atom stereocenters. The third kappa shape index (κ3) is 6.44. The van der Waals surface area contributed by atoms with E-state index < -0.39 is 0 Å². The molecule has 0 saturated carbocycles. The molecule has 30 heavy (non-hydrogen) atoms. The van der Waals surface area contributed by atoms with Gasteiger partial charge in [-0.25, -0.2) is 5.43 Å². The summed E-state index contributed by atoms with van der Waals surface area (Å²) in [4.78, 5) is 15.8. The molecular formula is C24H25N3O3. The van der Waals surface area contributed by atoms with E-state index in [0.29, 0.717) is 18.8 Å². The molecule has 0 saturated heterocycles. The first kappa shape index (κ1) is 21.0. The van der Waals surface area contributed by atoms with Gasteiger partial charge in [0.15, 0.2) is 0 Å². The molecule has 0 fully saturated rings. The highest BCUT2D eigenvalue weighted by atomic mass is 16.5. The summed E-state index contributed by atoms with van der Waals surface area (Å²) in [7, 11) is 0. The van der Waals surface area contributed by atoms with Crippen LogP contribution in [0.1, 0.15) is 33.5 Å². The number of aromatic nitrogens is 1. The zero-order valence-electron chi connectivity index (χ0n) is 17.2. The Morgan fingerprint density at radius 3 is 2.50 bits per heavy atom. The first-order chi connectivity index (χ1) is 14.6. The molecule has 1 heterocycles. The van der Waals surface area contributed by atoms with E-state index in [1.807, 2.05) is 31.2 Å². The van der Waals surface area contributed by atoms with Gasteiger partial charge in [-0.1, -0.05) is 12.1 Å². The van der Waals surface area contributed by atoms with Crippen LogP contribution in [0, 0.1) is 13.8 Å².